The van der Waals surface area contributed by atoms with Crippen LogP contribution in [0.2, 0.25) is 0 Å². The Kier molecular flexibility index (Phi) is 6.62. The van der Waals surface area contributed by atoms with Gasteiger partial charge in [0.25, 0.3) is 0 Å². The number of hydrogen-bond donors (Lipinski definition) is 0. The quantitative estimate of drug-likeness (QED) is 0.714. The average molecular weight is 405 g/mol. The predicted octanol–water partition coefficient (Wildman–Crippen LogP) is 4.19. The fourth-order valence-corrected chi connectivity index (χ4v) is 3.56. The molecule has 0 radical (unpaired) electrons. The molecule has 8 nitrogen and oxygen atoms in total. The normalized spacial score (nSPS) is 18.2. The van der Waals surface area contributed by atoms with Crippen molar-refractivity contribution in [3.8, 4) is 11.6 Å². The van der Waals surface area contributed by atoms with Gasteiger partial charge in [0.2, 0.25) is 11.7 Å². The van der Waals surface area contributed by atoms with Crippen LogP contribution >= 0.6 is 0 Å². The van der Waals surface area contributed by atoms with E-state index in [1.54, 1.807) is 12.3 Å². The topological polar surface area (TPSA) is 84.8 Å². The molecule has 0 aliphatic carbocycles. The van der Waals surface area contributed by atoms with Crippen LogP contribution in [0.25, 0.3) is 11.6 Å². The summed E-state index contributed by atoms with van der Waals surface area (Å²) in [4.78, 5) is 21.2. The fraction of sp³-hybridized carbons (Fsp3) is 0.667. The molecule has 0 N–H and O–H groups in total. The van der Waals surface area contributed by atoms with Crippen molar-refractivity contribution in [1.29, 1.82) is 0 Å². The van der Waals surface area contributed by atoms with Crippen molar-refractivity contribution in [2.45, 2.75) is 65.6 Å². The maximum absolute atomic E-state index is 12.6. The number of furan rings is 1. The minimum absolute atomic E-state index is 0.0898. The smallest absolute Gasteiger partial charge is 0.410 e. The Labute approximate surface area is 172 Å². The SMILES string of the molecule is CC(C)N(CC1CCCN(Cc2nc(-c3ccco3)no2)C1)C(=O)OC(C)(C)C. The minimum Gasteiger partial charge on any atom is -0.461 e. The van der Waals surface area contributed by atoms with E-state index < -0.39 is 5.60 Å². The number of likely N-dealkylation sites (tertiary alicyclic amines) is 1. The van der Waals surface area contributed by atoms with Crippen molar-refractivity contribution in [3.63, 3.8) is 0 Å². The number of carbonyl (C=O) groups excluding carboxylic acids is 1. The third-order valence-corrected chi connectivity index (χ3v) is 4.88. The second kappa shape index (κ2) is 8.98. The van der Waals surface area contributed by atoms with E-state index in [-0.39, 0.29) is 12.1 Å². The Morgan fingerprint density at radius 1 is 1.41 bits per heavy atom. The molecule has 0 spiro atoms. The number of aromatic nitrogens is 2. The van der Waals surface area contributed by atoms with Crippen molar-refractivity contribution in [2.24, 2.45) is 5.92 Å². The van der Waals surface area contributed by atoms with E-state index in [0.717, 1.165) is 25.9 Å². The maximum Gasteiger partial charge on any atom is 0.410 e. The molecule has 29 heavy (non-hydrogen) atoms. The van der Waals surface area contributed by atoms with Crippen molar-refractivity contribution in [3.05, 3.63) is 24.3 Å². The van der Waals surface area contributed by atoms with E-state index in [9.17, 15) is 4.79 Å². The van der Waals surface area contributed by atoms with Gasteiger partial charge in [0.15, 0.2) is 5.76 Å². The largest absolute Gasteiger partial charge is 0.461 e. The van der Waals surface area contributed by atoms with Crippen LogP contribution in [0.3, 0.4) is 0 Å². The highest BCUT2D eigenvalue weighted by molar-refractivity contribution is 5.68. The summed E-state index contributed by atoms with van der Waals surface area (Å²) in [5, 5.41) is 4.00. The van der Waals surface area contributed by atoms with Gasteiger partial charge in [-0.1, -0.05) is 5.16 Å². The van der Waals surface area contributed by atoms with Crippen molar-refractivity contribution < 1.29 is 18.5 Å². The van der Waals surface area contributed by atoms with E-state index in [0.29, 0.717) is 36.5 Å². The molecule has 0 saturated carbocycles. The molecule has 1 aliphatic rings. The number of nitrogens with zero attached hydrogens (tertiary/aromatic N) is 4. The van der Waals surface area contributed by atoms with Gasteiger partial charge in [-0.15, -0.1) is 0 Å². The highest BCUT2D eigenvalue weighted by atomic mass is 16.6. The van der Waals surface area contributed by atoms with Gasteiger partial charge in [-0.05, 0) is 72.1 Å². The first kappa shape index (κ1) is 21.4. The molecule has 0 aromatic carbocycles. The number of rotatable bonds is 6. The van der Waals surface area contributed by atoms with Crippen LogP contribution < -0.4 is 0 Å². The van der Waals surface area contributed by atoms with Crippen LogP contribution in [-0.2, 0) is 11.3 Å². The second-order valence-corrected chi connectivity index (χ2v) is 8.96. The Morgan fingerprint density at radius 3 is 2.86 bits per heavy atom. The lowest BCUT2D eigenvalue weighted by Crippen LogP contribution is -2.46. The van der Waals surface area contributed by atoms with Crippen LogP contribution in [-0.4, -0.2) is 57.3 Å². The molecule has 0 bridgehead atoms. The number of amides is 1. The predicted molar refractivity (Wildman–Crippen MR) is 108 cm³/mol. The Hall–Kier alpha value is -2.35. The van der Waals surface area contributed by atoms with Crippen LogP contribution in [0, 0.1) is 5.92 Å². The molecule has 8 heteroatoms. The van der Waals surface area contributed by atoms with Crippen molar-refractivity contribution in [1.82, 2.24) is 19.9 Å². The van der Waals surface area contributed by atoms with Gasteiger partial charge >= 0.3 is 6.09 Å². The van der Waals surface area contributed by atoms with Crippen LogP contribution in [0.1, 0.15) is 53.4 Å². The Morgan fingerprint density at radius 2 is 2.21 bits per heavy atom. The molecule has 2 aromatic heterocycles. The van der Waals surface area contributed by atoms with Gasteiger partial charge in [0, 0.05) is 19.1 Å². The lowest BCUT2D eigenvalue weighted by Gasteiger charge is -2.37. The fourth-order valence-electron chi connectivity index (χ4n) is 3.56. The summed E-state index contributed by atoms with van der Waals surface area (Å²) >= 11 is 0. The van der Waals surface area contributed by atoms with Crippen molar-refractivity contribution >= 4 is 6.09 Å². The highest BCUT2D eigenvalue weighted by Crippen LogP contribution is 2.23. The zero-order chi connectivity index (χ0) is 21.0. The summed E-state index contributed by atoms with van der Waals surface area (Å²) in [5.74, 6) is 2.02. The van der Waals surface area contributed by atoms with Crippen LogP contribution in [0.4, 0.5) is 4.79 Å². The van der Waals surface area contributed by atoms with E-state index in [2.05, 4.69) is 15.0 Å². The minimum atomic E-state index is -0.494. The molecule has 1 aliphatic heterocycles. The number of piperidine rings is 1. The summed E-state index contributed by atoms with van der Waals surface area (Å²) in [5.41, 5.74) is -0.494. The van der Waals surface area contributed by atoms with Gasteiger partial charge in [0.1, 0.15) is 5.60 Å². The van der Waals surface area contributed by atoms with Gasteiger partial charge in [-0.3, -0.25) is 4.90 Å². The Balaban J connectivity index is 1.57. The molecular weight excluding hydrogens is 372 g/mol. The molecule has 3 rings (SSSR count). The molecule has 1 unspecified atom stereocenters. The molecule has 160 valence electrons. The first-order chi connectivity index (χ1) is 13.7. The highest BCUT2D eigenvalue weighted by Gasteiger charge is 2.29. The summed E-state index contributed by atoms with van der Waals surface area (Å²) in [6.07, 6.45) is 3.50. The first-order valence-electron chi connectivity index (χ1n) is 10.3. The zero-order valence-corrected chi connectivity index (χ0v) is 18.1. The molecule has 1 amide bonds. The lowest BCUT2D eigenvalue weighted by atomic mass is 9.97. The first-order valence-corrected chi connectivity index (χ1v) is 10.3. The van der Waals surface area contributed by atoms with Gasteiger partial charge < -0.3 is 18.6 Å². The molecule has 1 fully saturated rings. The molecule has 2 aromatic rings. The third kappa shape index (κ3) is 6.06. The van der Waals surface area contributed by atoms with E-state index in [1.165, 1.54) is 0 Å². The molecular formula is C21H32N4O4. The third-order valence-electron chi connectivity index (χ3n) is 4.88. The van der Waals surface area contributed by atoms with Gasteiger partial charge in [-0.2, -0.15) is 4.98 Å². The summed E-state index contributed by atoms with van der Waals surface area (Å²) < 4.78 is 16.3. The van der Waals surface area contributed by atoms with Gasteiger partial charge in [0.05, 0.1) is 12.8 Å². The van der Waals surface area contributed by atoms with E-state index in [4.69, 9.17) is 13.7 Å². The summed E-state index contributed by atoms with van der Waals surface area (Å²) in [7, 11) is 0. The monoisotopic (exact) mass is 404 g/mol. The lowest BCUT2D eigenvalue weighted by molar-refractivity contribution is 0.0115. The van der Waals surface area contributed by atoms with Crippen molar-refractivity contribution in [2.75, 3.05) is 19.6 Å². The van der Waals surface area contributed by atoms with E-state index in [1.807, 2.05) is 45.6 Å². The standard InChI is InChI=1S/C21H32N4O4/c1-15(2)25(20(26)28-21(3,4)5)13-16-8-6-10-24(12-16)14-18-22-19(23-29-18)17-9-7-11-27-17/h7,9,11,15-16H,6,8,10,12-14H2,1-5H3. The average Bonchev–Trinajstić information content (AvgIpc) is 3.29. The number of carbonyl (C=O) groups is 1. The molecule has 1 atom stereocenters. The number of hydrogen-bond acceptors (Lipinski definition) is 7. The van der Waals surface area contributed by atoms with Crippen LogP contribution in [0.5, 0.6) is 0 Å². The summed E-state index contributed by atoms with van der Waals surface area (Å²) in [6.45, 7) is 12.9. The van der Waals surface area contributed by atoms with Crippen LogP contribution in [0.15, 0.2) is 27.3 Å². The summed E-state index contributed by atoms with van der Waals surface area (Å²) in [6, 6.07) is 3.70. The second-order valence-electron chi connectivity index (χ2n) is 8.96. The number of ether oxygens (including phenoxy) is 1. The molecule has 1 saturated heterocycles. The van der Waals surface area contributed by atoms with Gasteiger partial charge in [-0.25, -0.2) is 4.79 Å². The van der Waals surface area contributed by atoms with E-state index >= 15 is 0 Å². The molecule has 3 heterocycles. The zero-order valence-electron chi connectivity index (χ0n) is 18.1. The Bertz CT molecular complexity index is 779. The maximum atomic E-state index is 12.6.